The molecule has 7 heteroatoms. The van der Waals surface area contributed by atoms with E-state index in [4.69, 9.17) is 0 Å². The summed E-state index contributed by atoms with van der Waals surface area (Å²) in [5, 5.41) is 9.22. The number of rotatable bonds is 3. The molecule has 0 bridgehead atoms. The Kier molecular flexibility index (Phi) is 4.36. The zero-order chi connectivity index (χ0) is 14.9. The molecule has 1 aliphatic heterocycles. The van der Waals surface area contributed by atoms with Crippen LogP contribution in [0, 0.1) is 11.8 Å². The first kappa shape index (κ1) is 15.3. The van der Waals surface area contributed by atoms with Crippen molar-refractivity contribution in [2.24, 2.45) is 11.8 Å². The third kappa shape index (κ3) is 3.13. The molecule has 0 spiro atoms. The molecule has 1 saturated heterocycles. The molecule has 0 aromatic carbocycles. The van der Waals surface area contributed by atoms with Gasteiger partial charge in [-0.3, -0.25) is 9.59 Å². The van der Waals surface area contributed by atoms with Crippen molar-refractivity contribution in [2.75, 3.05) is 18.6 Å². The van der Waals surface area contributed by atoms with Crippen LogP contribution < -0.4 is 0 Å². The van der Waals surface area contributed by atoms with Crippen LogP contribution in [0.15, 0.2) is 0 Å². The van der Waals surface area contributed by atoms with E-state index >= 15 is 0 Å². The van der Waals surface area contributed by atoms with E-state index in [1.54, 1.807) is 7.05 Å². The summed E-state index contributed by atoms with van der Waals surface area (Å²) in [6.45, 7) is 0. The van der Waals surface area contributed by atoms with Crippen LogP contribution in [-0.4, -0.2) is 54.9 Å². The van der Waals surface area contributed by atoms with Gasteiger partial charge in [0.2, 0.25) is 5.91 Å². The number of sulfone groups is 1. The fourth-order valence-corrected chi connectivity index (χ4v) is 5.02. The molecule has 2 rings (SSSR count). The summed E-state index contributed by atoms with van der Waals surface area (Å²) >= 11 is 0. The van der Waals surface area contributed by atoms with Gasteiger partial charge in [0, 0.05) is 13.1 Å². The molecule has 1 heterocycles. The predicted molar refractivity (Wildman–Crippen MR) is 72.9 cm³/mol. The maximum atomic E-state index is 12.5. The van der Waals surface area contributed by atoms with Gasteiger partial charge in [-0.2, -0.15) is 0 Å². The second-order valence-corrected chi connectivity index (χ2v) is 8.07. The maximum absolute atomic E-state index is 12.5. The van der Waals surface area contributed by atoms with Crippen molar-refractivity contribution in [1.29, 1.82) is 0 Å². The molecular formula is C13H21NO5S. The van der Waals surface area contributed by atoms with Gasteiger partial charge in [-0.25, -0.2) is 8.42 Å². The highest BCUT2D eigenvalue weighted by molar-refractivity contribution is 7.91. The molecule has 114 valence electrons. The smallest absolute Gasteiger partial charge is 0.307 e. The first-order valence-corrected chi connectivity index (χ1v) is 8.84. The summed E-state index contributed by atoms with van der Waals surface area (Å²) in [5.74, 6) is -2.15. The maximum Gasteiger partial charge on any atom is 0.307 e. The van der Waals surface area contributed by atoms with Gasteiger partial charge >= 0.3 is 5.97 Å². The van der Waals surface area contributed by atoms with E-state index in [1.807, 2.05) is 0 Å². The lowest BCUT2D eigenvalue weighted by Gasteiger charge is -2.33. The number of hydrogen-bond donors (Lipinski definition) is 1. The second-order valence-electron chi connectivity index (χ2n) is 5.84. The minimum absolute atomic E-state index is 0.000300. The number of carboxylic acid groups (broad SMARTS) is 1. The lowest BCUT2D eigenvalue weighted by molar-refractivity contribution is -0.152. The van der Waals surface area contributed by atoms with Crippen molar-refractivity contribution in [3.05, 3.63) is 0 Å². The molecule has 0 aromatic heterocycles. The molecule has 0 aromatic rings. The third-order valence-electron chi connectivity index (χ3n) is 4.50. The SMILES string of the molecule is CN(C(=O)[C@H]1CCCC[C@H]1C(=O)O)C1CCS(=O)(=O)C1. The summed E-state index contributed by atoms with van der Waals surface area (Å²) in [7, 11) is -1.45. The van der Waals surface area contributed by atoms with Crippen LogP contribution in [0.5, 0.6) is 0 Å². The molecule has 6 nitrogen and oxygen atoms in total. The standard InChI is InChI=1S/C13H21NO5S/c1-14(9-6-7-20(18,19)8-9)12(15)10-4-2-3-5-11(10)13(16)17/h9-11H,2-8H2,1H3,(H,16,17)/t9?,10-,11+/m0/s1. The quantitative estimate of drug-likeness (QED) is 0.821. The van der Waals surface area contributed by atoms with Gasteiger partial charge in [-0.05, 0) is 19.3 Å². The van der Waals surface area contributed by atoms with Crippen molar-refractivity contribution >= 4 is 21.7 Å². The molecule has 1 N–H and O–H groups in total. The Labute approximate surface area is 119 Å². The zero-order valence-electron chi connectivity index (χ0n) is 11.6. The van der Waals surface area contributed by atoms with Crippen molar-refractivity contribution in [1.82, 2.24) is 4.90 Å². The minimum Gasteiger partial charge on any atom is -0.481 e. The topological polar surface area (TPSA) is 91.8 Å². The van der Waals surface area contributed by atoms with E-state index in [1.165, 1.54) is 4.90 Å². The Balaban J connectivity index is 2.07. The zero-order valence-corrected chi connectivity index (χ0v) is 12.4. The average Bonchev–Trinajstić information content (AvgIpc) is 2.77. The summed E-state index contributed by atoms with van der Waals surface area (Å²) < 4.78 is 23.0. The lowest BCUT2D eigenvalue weighted by atomic mass is 9.78. The van der Waals surface area contributed by atoms with Gasteiger partial charge in [0.25, 0.3) is 0 Å². The number of amides is 1. The van der Waals surface area contributed by atoms with Crippen LogP contribution in [0.1, 0.15) is 32.1 Å². The summed E-state index contributed by atoms with van der Waals surface area (Å²) in [5.41, 5.74) is 0. The van der Waals surface area contributed by atoms with E-state index in [-0.39, 0.29) is 23.5 Å². The molecule has 20 heavy (non-hydrogen) atoms. The predicted octanol–water partition coefficient (Wildman–Crippen LogP) is 0.523. The van der Waals surface area contributed by atoms with Crippen LogP contribution in [0.2, 0.25) is 0 Å². The normalized spacial score (nSPS) is 32.8. The molecule has 1 unspecified atom stereocenters. The van der Waals surface area contributed by atoms with Gasteiger partial charge in [0.05, 0.1) is 23.3 Å². The average molecular weight is 303 g/mol. The van der Waals surface area contributed by atoms with Gasteiger partial charge in [-0.15, -0.1) is 0 Å². The number of aliphatic carboxylic acids is 1. The summed E-state index contributed by atoms with van der Waals surface area (Å²) in [6.07, 6.45) is 3.26. The van der Waals surface area contributed by atoms with E-state index in [2.05, 4.69) is 0 Å². The molecule has 1 aliphatic carbocycles. The van der Waals surface area contributed by atoms with Crippen LogP contribution in [-0.2, 0) is 19.4 Å². The monoisotopic (exact) mass is 303 g/mol. The minimum atomic E-state index is -3.04. The Morgan fingerprint density at radius 3 is 2.20 bits per heavy atom. The highest BCUT2D eigenvalue weighted by Crippen LogP contribution is 2.32. The molecule has 3 atom stereocenters. The van der Waals surface area contributed by atoms with Gasteiger partial charge in [-0.1, -0.05) is 12.8 Å². The largest absolute Gasteiger partial charge is 0.481 e. The van der Waals surface area contributed by atoms with E-state index in [0.717, 1.165) is 12.8 Å². The van der Waals surface area contributed by atoms with Crippen molar-refractivity contribution in [3.8, 4) is 0 Å². The summed E-state index contributed by atoms with van der Waals surface area (Å²) in [4.78, 5) is 25.2. The van der Waals surface area contributed by atoms with E-state index < -0.39 is 27.6 Å². The fourth-order valence-electron chi connectivity index (χ4n) is 3.24. The highest BCUT2D eigenvalue weighted by Gasteiger charge is 2.40. The van der Waals surface area contributed by atoms with Crippen molar-refractivity contribution < 1.29 is 23.1 Å². The number of carbonyl (C=O) groups is 2. The first-order valence-electron chi connectivity index (χ1n) is 7.02. The highest BCUT2D eigenvalue weighted by atomic mass is 32.2. The molecule has 0 radical (unpaired) electrons. The third-order valence-corrected chi connectivity index (χ3v) is 6.25. The summed E-state index contributed by atoms with van der Waals surface area (Å²) in [6, 6.07) is -0.302. The van der Waals surface area contributed by atoms with Crippen LogP contribution in [0.3, 0.4) is 0 Å². The molecule has 2 fully saturated rings. The Bertz CT molecular complexity index is 501. The first-order chi connectivity index (χ1) is 9.32. The number of hydrogen-bond acceptors (Lipinski definition) is 4. The van der Waals surface area contributed by atoms with Crippen molar-refractivity contribution in [2.45, 2.75) is 38.1 Å². The Morgan fingerprint density at radius 1 is 1.10 bits per heavy atom. The Hall–Kier alpha value is -1.11. The van der Waals surface area contributed by atoms with Gasteiger partial charge in [0.1, 0.15) is 0 Å². The molecule has 1 amide bonds. The molecule has 1 saturated carbocycles. The molecular weight excluding hydrogens is 282 g/mol. The van der Waals surface area contributed by atoms with E-state index in [0.29, 0.717) is 19.3 Å². The van der Waals surface area contributed by atoms with Crippen LogP contribution in [0.4, 0.5) is 0 Å². The van der Waals surface area contributed by atoms with E-state index in [9.17, 15) is 23.1 Å². The fraction of sp³-hybridized carbons (Fsp3) is 0.846. The lowest BCUT2D eigenvalue weighted by Crippen LogP contribution is -2.45. The Morgan fingerprint density at radius 2 is 1.70 bits per heavy atom. The number of carboxylic acids is 1. The second kappa shape index (κ2) is 5.71. The van der Waals surface area contributed by atoms with Crippen LogP contribution >= 0.6 is 0 Å². The number of nitrogens with zero attached hydrogens (tertiary/aromatic N) is 1. The molecule has 2 aliphatic rings. The number of carbonyl (C=O) groups excluding carboxylic acids is 1. The van der Waals surface area contributed by atoms with Gasteiger partial charge < -0.3 is 10.0 Å². The van der Waals surface area contributed by atoms with Crippen molar-refractivity contribution in [3.63, 3.8) is 0 Å². The van der Waals surface area contributed by atoms with Crippen LogP contribution in [0.25, 0.3) is 0 Å². The van der Waals surface area contributed by atoms with Gasteiger partial charge in [0.15, 0.2) is 9.84 Å².